The van der Waals surface area contributed by atoms with Gasteiger partial charge in [-0.25, -0.2) is 0 Å². The minimum atomic E-state index is -4.76. The third-order valence-corrected chi connectivity index (χ3v) is 5.53. The summed E-state index contributed by atoms with van der Waals surface area (Å²) in [4.78, 5) is 24.3. The minimum Gasteiger partial charge on any atom is -0.379 e. The van der Waals surface area contributed by atoms with E-state index in [2.05, 4.69) is 10.6 Å². The number of nitrogens with zero attached hydrogens (tertiary/aromatic N) is 1. The molecule has 0 heterocycles. The summed E-state index contributed by atoms with van der Waals surface area (Å²) in [5.41, 5.74) is -3.31. The number of halogens is 4. The molecule has 0 aliphatic rings. The summed E-state index contributed by atoms with van der Waals surface area (Å²) < 4.78 is 39.2. The van der Waals surface area contributed by atoms with Gasteiger partial charge >= 0.3 is 6.18 Å². The summed E-state index contributed by atoms with van der Waals surface area (Å²) in [5.74, 6) is -1.53. The van der Waals surface area contributed by atoms with Gasteiger partial charge in [-0.1, -0.05) is 0 Å². The number of alkyl halides is 4. The van der Waals surface area contributed by atoms with Crippen molar-refractivity contribution in [1.82, 2.24) is 0 Å². The zero-order chi connectivity index (χ0) is 23.2. The van der Waals surface area contributed by atoms with E-state index in [4.69, 9.17) is 16.9 Å². The first-order chi connectivity index (χ1) is 14.5. The Morgan fingerprint density at radius 2 is 1.72 bits per heavy atom. The van der Waals surface area contributed by atoms with Crippen molar-refractivity contribution in [3.05, 3.63) is 53.6 Å². The number of nitrogens with one attached hydrogen (secondary N) is 2. The molecule has 0 fully saturated rings. The predicted molar refractivity (Wildman–Crippen MR) is 122 cm³/mol. The van der Waals surface area contributed by atoms with Crippen LogP contribution in [0.15, 0.2) is 47.4 Å². The van der Waals surface area contributed by atoms with E-state index in [1.165, 1.54) is 13.0 Å². The largest absolute Gasteiger partial charge is 0.417 e. The zero-order valence-electron chi connectivity index (χ0n) is 16.6. The molecule has 6 nitrogen and oxygen atoms in total. The summed E-state index contributed by atoms with van der Waals surface area (Å²) >= 11 is 6.56. The monoisotopic (exact) mass is 505 g/mol. The molecule has 0 radical (unpaired) electrons. The van der Waals surface area contributed by atoms with Crippen LogP contribution in [0.25, 0.3) is 0 Å². The van der Waals surface area contributed by atoms with Gasteiger partial charge in [0.05, 0.1) is 17.2 Å². The molecule has 2 aromatic carbocycles. The molecule has 2 rings (SSSR count). The van der Waals surface area contributed by atoms with Gasteiger partial charge in [-0.3, -0.25) is 9.59 Å². The van der Waals surface area contributed by atoms with Crippen LogP contribution in [0.1, 0.15) is 18.1 Å². The lowest BCUT2D eigenvalue weighted by Gasteiger charge is -2.22. The van der Waals surface area contributed by atoms with E-state index in [0.717, 1.165) is 23.9 Å². The van der Waals surface area contributed by atoms with Crippen LogP contribution < -0.4 is 10.6 Å². The van der Waals surface area contributed by atoms with Crippen LogP contribution in [-0.2, 0) is 15.8 Å². The SMILES string of the molecule is C[C@@](O)(CSc1ccc(NC(=O)CCl)cc1)C(=O)Nc1ccc(C#N)c(C(F)(F)F)c1.S. The molecule has 3 N–H and O–H groups in total. The molecule has 0 saturated carbocycles. The highest BCUT2D eigenvalue weighted by atomic mass is 35.5. The Bertz CT molecular complexity index is 1010. The fraction of sp³-hybridized carbons (Fsp3) is 0.250. The van der Waals surface area contributed by atoms with Crippen LogP contribution in [0.2, 0.25) is 0 Å². The molecule has 0 aromatic heterocycles. The second-order valence-electron chi connectivity index (χ2n) is 6.59. The van der Waals surface area contributed by atoms with E-state index < -0.39 is 28.8 Å². The number of hydrogen-bond donors (Lipinski definition) is 3. The van der Waals surface area contributed by atoms with Crippen molar-refractivity contribution in [2.45, 2.75) is 23.6 Å². The Kier molecular flexibility index (Phi) is 9.91. The van der Waals surface area contributed by atoms with Gasteiger partial charge in [0, 0.05) is 22.0 Å². The standard InChI is InChI=1S/C20H17ClF3N3O3S.H2S/c1-19(30,11-31-15-6-4-13(5-7-15)26-17(28)9-21)18(29)27-14-3-2-12(10-25)16(8-14)20(22,23)24;/h2-8,30H,9,11H2,1H3,(H,26,28)(H,27,29);1H2/t19-;/m1./s1. The van der Waals surface area contributed by atoms with Crippen LogP contribution in [0, 0.1) is 11.3 Å². The first-order valence-electron chi connectivity index (χ1n) is 8.70. The number of thioether (sulfide) groups is 1. The van der Waals surface area contributed by atoms with Gasteiger partial charge in [-0.05, 0) is 49.4 Å². The molecule has 0 saturated heterocycles. The molecule has 2 aromatic rings. The van der Waals surface area contributed by atoms with E-state index in [-0.39, 0.29) is 36.7 Å². The number of benzene rings is 2. The number of aliphatic hydroxyl groups is 1. The Labute approximate surface area is 198 Å². The maximum absolute atomic E-state index is 13.1. The number of hydrogen-bond acceptors (Lipinski definition) is 5. The molecule has 2 amide bonds. The normalized spacial score (nSPS) is 12.7. The minimum absolute atomic E-state index is 0. The Morgan fingerprint density at radius 1 is 1.12 bits per heavy atom. The maximum atomic E-state index is 13.1. The van der Waals surface area contributed by atoms with Crippen LogP contribution in [-0.4, -0.2) is 34.2 Å². The van der Waals surface area contributed by atoms with Crippen molar-refractivity contribution >= 4 is 60.0 Å². The van der Waals surface area contributed by atoms with Crippen molar-refractivity contribution in [1.29, 1.82) is 5.26 Å². The van der Waals surface area contributed by atoms with Crippen LogP contribution in [0.3, 0.4) is 0 Å². The number of carbonyl (C=O) groups is 2. The molecule has 0 unspecified atom stereocenters. The highest BCUT2D eigenvalue weighted by Gasteiger charge is 2.35. The first kappa shape index (κ1) is 27.6. The van der Waals surface area contributed by atoms with E-state index >= 15 is 0 Å². The first-order valence-corrected chi connectivity index (χ1v) is 10.2. The van der Waals surface area contributed by atoms with E-state index in [1.54, 1.807) is 24.3 Å². The molecule has 0 bridgehead atoms. The van der Waals surface area contributed by atoms with Gasteiger partial charge in [0.15, 0.2) is 0 Å². The van der Waals surface area contributed by atoms with Crippen LogP contribution in [0.5, 0.6) is 0 Å². The molecule has 32 heavy (non-hydrogen) atoms. The Hall–Kier alpha value is -2.39. The molecule has 172 valence electrons. The van der Waals surface area contributed by atoms with E-state index in [0.29, 0.717) is 16.6 Å². The fourth-order valence-corrected chi connectivity index (χ4v) is 3.31. The zero-order valence-corrected chi connectivity index (χ0v) is 19.2. The van der Waals surface area contributed by atoms with Crippen molar-refractivity contribution in [2.75, 3.05) is 22.3 Å². The van der Waals surface area contributed by atoms with Crippen molar-refractivity contribution in [3.63, 3.8) is 0 Å². The smallest absolute Gasteiger partial charge is 0.379 e. The van der Waals surface area contributed by atoms with Crippen molar-refractivity contribution in [3.8, 4) is 6.07 Å². The summed E-state index contributed by atoms with van der Waals surface area (Å²) in [7, 11) is 0. The number of nitriles is 1. The summed E-state index contributed by atoms with van der Waals surface area (Å²) in [5, 5.41) is 24.1. The van der Waals surface area contributed by atoms with Crippen molar-refractivity contribution in [2.24, 2.45) is 0 Å². The third kappa shape index (κ3) is 7.63. The van der Waals surface area contributed by atoms with E-state index in [1.807, 2.05) is 0 Å². The lowest BCUT2D eigenvalue weighted by Crippen LogP contribution is -2.42. The van der Waals surface area contributed by atoms with Crippen molar-refractivity contribution < 1.29 is 27.9 Å². The second-order valence-corrected chi connectivity index (χ2v) is 7.91. The van der Waals surface area contributed by atoms with Gasteiger partial charge in [-0.15, -0.1) is 23.4 Å². The lowest BCUT2D eigenvalue weighted by atomic mass is 10.1. The fourth-order valence-electron chi connectivity index (χ4n) is 2.34. The topological polar surface area (TPSA) is 102 Å². The number of rotatable bonds is 7. The van der Waals surface area contributed by atoms with Crippen LogP contribution in [0.4, 0.5) is 24.5 Å². The second kappa shape index (κ2) is 11.5. The molecule has 0 aliphatic heterocycles. The third-order valence-electron chi connectivity index (χ3n) is 3.97. The highest BCUT2D eigenvalue weighted by molar-refractivity contribution is 7.99. The lowest BCUT2D eigenvalue weighted by molar-refractivity contribution is -0.137. The summed E-state index contributed by atoms with van der Waals surface area (Å²) in [6.07, 6.45) is -4.76. The number of carbonyl (C=O) groups excluding carboxylic acids is 2. The number of anilines is 2. The van der Waals surface area contributed by atoms with Gasteiger partial charge in [-0.2, -0.15) is 31.9 Å². The quantitative estimate of drug-likeness (QED) is 0.383. The van der Waals surface area contributed by atoms with Crippen LogP contribution >= 0.6 is 36.9 Å². The predicted octanol–water partition coefficient (Wildman–Crippen LogP) is 4.35. The summed E-state index contributed by atoms with van der Waals surface area (Å²) in [6.45, 7) is 1.23. The molecule has 1 atom stereocenters. The number of amides is 2. The molecule has 0 aliphatic carbocycles. The van der Waals surface area contributed by atoms with Gasteiger partial charge < -0.3 is 15.7 Å². The molecular weight excluding hydrogens is 487 g/mol. The summed E-state index contributed by atoms with van der Waals surface area (Å²) in [6, 6.07) is 10.8. The van der Waals surface area contributed by atoms with Gasteiger partial charge in [0.1, 0.15) is 11.5 Å². The average molecular weight is 506 g/mol. The molecule has 0 spiro atoms. The van der Waals surface area contributed by atoms with Gasteiger partial charge in [0.2, 0.25) is 5.91 Å². The molecule has 12 heteroatoms. The average Bonchev–Trinajstić information content (AvgIpc) is 2.72. The Morgan fingerprint density at radius 3 is 2.25 bits per heavy atom. The van der Waals surface area contributed by atoms with E-state index in [9.17, 15) is 27.9 Å². The maximum Gasteiger partial charge on any atom is 0.417 e. The highest BCUT2D eigenvalue weighted by Crippen LogP contribution is 2.34. The Balaban J connectivity index is 0.00000512. The molecular formula is C20H19ClF3N3O3S2. The van der Waals surface area contributed by atoms with Gasteiger partial charge in [0.25, 0.3) is 5.91 Å².